The Morgan fingerprint density at radius 1 is 1.52 bits per heavy atom. The second kappa shape index (κ2) is 6.84. The molecule has 1 N–H and O–H groups in total. The summed E-state index contributed by atoms with van der Waals surface area (Å²) in [5.41, 5.74) is 2.50. The Bertz CT molecular complexity index is 527. The third-order valence-electron chi connectivity index (χ3n) is 4.19. The van der Waals surface area contributed by atoms with Crippen molar-refractivity contribution in [1.29, 1.82) is 0 Å². The summed E-state index contributed by atoms with van der Waals surface area (Å²) < 4.78 is 12.7. The average Bonchev–Trinajstić information content (AvgIpc) is 2.84. The van der Waals surface area contributed by atoms with Crippen LogP contribution < -0.4 is 9.47 Å². The van der Waals surface area contributed by atoms with Crippen LogP contribution in [0.15, 0.2) is 23.2 Å². The number of ether oxygens (including phenoxy) is 2. The van der Waals surface area contributed by atoms with Gasteiger partial charge in [0.25, 0.3) is 0 Å². The van der Waals surface area contributed by atoms with E-state index in [4.69, 9.17) is 9.47 Å². The summed E-state index contributed by atoms with van der Waals surface area (Å²) in [5.74, 6) is 1.87. The maximum Gasteiger partial charge on any atom is 0.165 e. The fraction of sp³-hybridized carbons (Fsp3) is 0.529. The van der Waals surface area contributed by atoms with Crippen LogP contribution in [0, 0.1) is 0 Å². The number of halogens is 1. The first-order valence-corrected chi connectivity index (χ1v) is 8.23. The second-order valence-electron chi connectivity index (χ2n) is 5.35. The summed E-state index contributed by atoms with van der Waals surface area (Å²) in [6.07, 6.45) is 3.44. The summed E-state index contributed by atoms with van der Waals surface area (Å²) in [7, 11) is 1.66. The van der Waals surface area contributed by atoms with Crippen molar-refractivity contribution in [3.05, 3.63) is 34.3 Å². The predicted molar refractivity (Wildman–Crippen MR) is 88.3 cm³/mol. The highest BCUT2D eigenvalue weighted by atomic mass is 79.9. The van der Waals surface area contributed by atoms with Gasteiger partial charge in [0.15, 0.2) is 11.5 Å². The molecule has 3 atom stereocenters. The van der Waals surface area contributed by atoms with E-state index in [1.54, 1.807) is 13.2 Å². The normalized spacial score (nSPS) is 21.6. The molecule has 0 radical (unpaired) electrons. The average molecular weight is 355 g/mol. The van der Waals surface area contributed by atoms with Crippen LogP contribution in [0.2, 0.25) is 0 Å². The van der Waals surface area contributed by atoms with E-state index in [2.05, 4.69) is 36.4 Å². The molecule has 1 aromatic rings. The van der Waals surface area contributed by atoms with Gasteiger partial charge in [-0.2, -0.15) is 0 Å². The minimum absolute atomic E-state index is 0.0356. The van der Waals surface area contributed by atoms with Crippen LogP contribution in [0.4, 0.5) is 0 Å². The number of fused-ring (bicyclic) bond motifs is 1. The van der Waals surface area contributed by atoms with Gasteiger partial charge in [0.1, 0.15) is 6.10 Å². The van der Waals surface area contributed by atoms with E-state index in [0.29, 0.717) is 6.42 Å². The Kier molecular flexibility index (Phi) is 5.33. The molecule has 1 aliphatic heterocycles. The summed E-state index contributed by atoms with van der Waals surface area (Å²) in [5, 5.41) is 9.88. The maximum atomic E-state index is 9.88. The zero-order valence-corrected chi connectivity index (χ0v) is 14.4. The Morgan fingerprint density at radius 2 is 2.24 bits per heavy atom. The number of hydrogen-bond acceptors (Lipinski definition) is 3. The van der Waals surface area contributed by atoms with Crippen molar-refractivity contribution < 1.29 is 14.6 Å². The first kappa shape index (κ1) is 16.4. The number of rotatable bonds is 6. The van der Waals surface area contributed by atoms with Crippen molar-refractivity contribution in [2.24, 2.45) is 0 Å². The molecule has 0 bridgehead atoms. The molecular formula is C17H23BrO3. The molecule has 2 rings (SSSR count). The largest absolute Gasteiger partial charge is 0.493 e. The highest BCUT2D eigenvalue weighted by molar-refractivity contribution is 9.10. The molecule has 1 heterocycles. The summed E-state index contributed by atoms with van der Waals surface area (Å²) in [6, 6.07) is 1.97. The molecule has 1 aromatic carbocycles. The van der Waals surface area contributed by atoms with Crippen molar-refractivity contribution in [3.8, 4) is 11.5 Å². The van der Waals surface area contributed by atoms with E-state index >= 15 is 0 Å². The lowest BCUT2D eigenvalue weighted by Crippen LogP contribution is -2.24. The van der Waals surface area contributed by atoms with Crippen LogP contribution in [0.25, 0.3) is 0 Å². The minimum Gasteiger partial charge on any atom is -0.493 e. The van der Waals surface area contributed by atoms with Gasteiger partial charge < -0.3 is 14.6 Å². The van der Waals surface area contributed by atoms with E-state index in [-0.39, 0.29) is 12.0 Å². The molecule has 0 spiro atoms. The van der Waals surface area contributed by atoms with Gasteiger partial charge >= 0.3 is 0 Å². The van der Waals surface area contributed by atoms with Crippen molar-refractivity contribution in [1.82, 2.24) is 0 Å². The summed E-state index contributed by atoms with van der Waals surface area (Å²) >= 11 is 3.64. The van der Waals surface area contributed by atoms with Gasteiger partial charge in [-0.25, -0.2) is 0 Å². The van der Waals surface area contributed by atoms with Crippen molar-refractivity contribution >= 4 is 15.9 Å². The van der Waals surface area contributed by atoms with E-state index in [9.17, 15) is 5.11 Å². The quantitative estimate of drug-likeness (QED) is 0.777. The molecule has 21 heavy (non-hydrogen) atoms. The Hall–Kier alpha value is -1.000. The van der Waals surface area contributed by atoms with E-state index in [0.717, 1.165) is 28.8 Å². The first-order valence-electron chi connectivity index (χ1n) is 7.43. The molecule has 0 amide bonds. The molecule has 3 nitrogen and oxygen atoms in total. The smallest absolute Gasteiger partial charge is 0.165 e. The summed E-state index contributed by atoms with van der Waals surface area (Å²) in [6.45, 7) is 7.95. The fourth-order valence-electron chi connectivity index (χ4n) is 3.12. The zero-order chi connectivity index (χ0) is 15.6. The van der Waals surface area contributed by atoms with Gasteiger partial charge in [-0.05, 0) is 24.5 Å². The van der Waals surface area contributed by atoms with Crippen LogP contribution in [0.3, 0.4) is 0 Å². The Balaban J connectivity index is 2.48. The topological polar surface area (TPSA) is 38.7 Å². The molecule has 0 saturated heterocycles. The highest BCUT2D eigenvalue weighted by Crippen LogP contribution is 2.50. The molecule has 2 unspecified atom stereocenters. The molecule has 1 aliphatic rings. The van der Waals surface area contributed by atoms with Crippen LogP contribution in [-0.4, -0.2) is 24.4 Å². The van der Waals surface area contributed by atoms with Gasteiger partial charge in [0, 0.05) is 22.4 Å². The van der Waals surface area contributed by atoms with Gasteiger partial charge in [-0.3, -0.25) is 0 Å². The van der Waals surface area contributed by atoms with Crippen LogP contribution in [-0.2, 0) is 6.42 Å². The first-order chi connectivity index (χ1) is 10.1. The number of methoxy groups -OCH3 is 1. The lowest BCUT2D eigenvalue weighted by molar-refractivity contribution is 0.118. The molecule has 0 aliphatic carbocycles. The van der Waals surface area contributed by atoms with Gasteiger partial charge in [0.2, 0.25) is 0 Å². The molecule has 0 aromatic heterocycles. The molecule has 4 heteroatoms. The lowest BCUT2D eigenvalue weighted by Gasteiger charge is -2.20. The molecule has 0 saturated carbocycles. The van der Waals surface area contributed by atoms with Gasteiger partial charge in [0.05, 0.1) is 13.2 Å². The SMILES string of the molecule is C=C[C@H](O)CC1Oc2c(OC)cc(Br)c(CC)c2C1CC. The number of benzene rings is 1. The fourth-order valence-corrected chi connectivity index (χ4v) is 3.83. The standard InChI is InChI=1S/C17H23BrO3/c1-5-10(19)8-14-12(7-3)16-11(6-2)13(18)9-15(20-4)17(16)21-14/h5,9-10,12,14,19H,1,6-8H2,2-4H3/t10-,12?,14?/m0/s1. The van der Waals surface area contributed by atoms with Crippen molar-refractivity contribution in [3.63, 3.8) is 0 Å². The van der Waals surface area contributed by atoms with E-state index in [1.165, 1.54) is 11.1 Å². The van der Waals surface area contributed by atoms with Crippen LogP contribution in [0.1, 0.15) is 43.7 Å². The highest BCUT2D eigenvalue weighted by Gasteiger charge is 2.38. The molecule has 0 fully saturated rings. The van der Waals surface area contributed by atoms with Gasteiger partial charge in [-0.15, -0.1) is 6.58 Å². The number of aliphatic hydroxyl groups excluding tert-OH is 1. The third kappa shape index (κ3) is 2.97. The monoisotopic (exact) mass is 354 g/mol. The maximum absolute atomic E-state index is 9.88. The van der Waals surface area contributed by atoms with Crippen molar-refractivity contribution in [2.45, 2.75) is 51.2 Å². The predicted octanol–water partition coefficient (Wildman–Crippen LogP) is 4.21. The van der Waals surface area contributed by atoms with Gasteiger partial charge in [-0.1, -0.05) is 35.9 Å². The third-order valence-corrected chi connectivity index (χ3v) is 4.90. The number of aliphatic hydroxyl groups is 1. The van der Waals surface area contributed by atoms with E-state index < -0.39 is 6.10 Å². The lowest BCUT2D eigenvalue weighted by atomic mass is 9.86. The van der Waals surface area contributed by atoms with Crippen LogP contribution >= 0.6 is 15.9 Å². The minimum atomic E-state index is -0.544. The molecular weight excluding hydrogens is 332 g/mol. The van der Waals surface area contributed by atoms with E-state index in [1.807, 2.05) is 6.07 Å². The van der Waals surface area contributed by atoms with Crippen LogP contribution in [0.5, 0.6) is 11.5 Å². The summed E-state index contributed by atoms with van der Waals surface area (Å²) in [4.78, 5) is 0. The molecule has 116 valence electrons. The number of hydrogen-bond donors (Lipinski definition) is 1. The van der Waals surface area contributed by atoms with Crippen molar-refractivity contribution in [2.75, 3.05) is 7.11 Å². The Morgan fingerprint density at radius 3 is 2.76 bits per heavy atom. The zero-order valence-electron chi connectivity index (χ0n) is 12.9. The Labute approximate surface area is 135 Å². The second-order valence-corrected chi connectivity index (χ2v) is 6.20.